The second-order valence-electron chi connectivity index (χ2n) is 1.27. The lowest BCUT2D eigenvalue weighted by molar-refractivity contribution is -0.139. The molecule has 1 radical (unpaired) electrons. The number of nitrogens with two attached hydrogens (primary N) is 1. The Morgan fingerprint density at radius 3 is 2.43 bits per heavy atom. The van der Waals surface area contributed by atoms with Gasteiger partial charge < -0.3 is 10.8 Å². The van der Waals surface area contributed by atoms with Crippen molar-refractivity contribution in [1.82, 2.24) is 0 Å². The van der Waals surface area contributed by atoms with Gasteiger partial charge in [0.1, 0.15) is 0 Å². The Morgan fingerprint density at radius 2 is 2.43 bits per heavy atom. The maximum atomic E-state index is 9.79. The molecule has 0 aliphatic carbocycles. The first kappa shape index (κ1) is 6.43. The van der Waals surface area contributed by atoms with Crippen LogP contribution in [0.25, 0.3) is 0 Å². The van der Waals surface area contributed by atoms with Crippen molar-refractivity contribution in [3.05, 3.63) is 6.92 Å². The van der Waals surface area contributed by atoms with Gasteiger partial charge >= 0.3 is 5.97 Å². The van der Waals surface area contributed by atoms with Crippen molar-refractivity contribution in [2.75, 3.05) is 6.54 Å². The van der Waals surface area contributed by atoms with Crippen molar-refractivity contribution in [1.29, 1.82) is 0 Å². The fraction of sp³-hybridized carbons (Fsp3) is 0.500. The van der Waals surface area contributed by atoms with Crippen LogP contribution in [0.5, 0.6) is 0 Å². The van der Waals surface area contributed by atoms with Gasteiger partial charge in [0, 0.05) is 6.54 Å². The Bertz CT molecular complexity index is 72.1. The minimum absolute atomic E-state index is 0.106. The van der Waals surface area contributed by atoms with E-state index in [0.717, 1.165) is 0 Å². The van der Waals surface area contributed by atoms with E-state index in [9.17, 15) is 4.79 Å². The van der Waals surface area contributed by atoms with Gasteiger partial charge in [0.25, 0.3) is 0 Å². The van der Waals surface area contributed by atoms with Gasteiger partial charge in [-0.1, -0.05) is 0 Å². The fourth-order valence-electron chi connectivity index (χ4n) is 0.101. The predicted octanol–water partition coefficient (Wildman–Crippen LogP) is -0.520. The van der Waals surface area contributed by atoms with Crippen molar-refractivity contribution in [3.8, 4) is 0 Å². The molecular formula is C4H8NO2. The van der Waals surface area contributed by atoms with E-state index in [2.05, 4.69) is 6.92 Å². The number of carboxylic acid groups (broad SMARTS) is 1. The highest BCUT2D eigenvalue weighted by Crippen LogP contribution is 1.86. The molecular weight excluding hydrogens is 94.0 g/mol. The van der Waals surface area contributed by atoms with Gasteiger partial charge in [-0.15, -0.1) is 0 Å². The fourth-order valence-corrected chi connectivity index (χ4v) is 0.101. The standard InChI is InChI=1S/C4H8NO2/c1-3(2-5)4(6)7/h3H,1-2,5H2,(H,6,7). The molecule has 0 rings (SSSR count). The Labute approximate surface area is 42.1 Å². The Kier molecular flexibility index (Phi) is 2.37. The Morgan fingerprint density at radius 1 is 2.00 bits per heavy atom. The van der Waals surface area contributed by atoms with E-state index in [0.29, 0.717) is 0 Å². The second-order valence-corrected chi connectivity index (χ2v) is 1.27. The lowest BCUT2D eigenvalue weighted by Gasteiger charge is -1.96. The third kappa shape index (κ3) is 2.17. The van der Waals surface area contributed by atoms with Crippen LogP contribution >= 0.6 is 0 Å². The van der Waals surface area contributed by atoms with Gasteiger partial charge in [-0.05, 0) is 6.92 Å². The third-order valence-corrected chi connectivity index (χ3v) is 0.634. The highest BCUT2D eigenvalue weighted by atomic mass is 16.4. The molecule has 0 aromatic carbocycles. The Balaban J connectivity index is 3.34. The monoisotopic (exact) mass is 102 g/mol. The minimum Gasteiger partial charge on any atom is -0.481 e. The largest absolute Gasteiger partial charge is 0.481 e. The van der Waals surface area contributed by atoms with E-state index in [1.807, 2.05) is 0 Å². The molecule has 0 heterocycles. The molecule has 0 saturated heterocycles. The van der Waals surface area contributed by atoms with Crippen molar-refractivity contribution in [2.24, 2.45) is 11.7 Å². The van der Waals surface area contributed by atoms with Gasteiger partial charge in [0.05, 0.1) is 5.92 Å². The third-order valence-electron chi connectivity index (χ3n) is 0.634. The number of aliphatic carboxylic acids is 1. The number of carbonyl (C=O) groups is 1. The van der Waals surface area contributed by atoms with E-state index in [4.69, 9.17) is 10.8 Å². The summed E-state index contributed by atoms with van der Waals surface area (Å²) in [4.78, 5) is 9.79. The van der Waals surface area contributed by atoms with Crippen LogP contribution in [0.1, 0.15) is 0 Å². The van der Waals surface area contributed by atoms with Crippen LogP contribution in [0, 0.1) is 12.8 Å². The summed E-state index contributed by atoms with van der Waals surface area (Å²) in [5.41, 5.74) is 4.93. The van der Waals surface area contributed by atoms with Crippen LogP contribution in [0.2, 0.25) is 0 Å². The normalized spacial score (nSPS) is 13.4. The molecule has 3 heteroatoms. The molecule has 0 saturated carbocycles. The van der Waals surface area contributed by atoms with Crippen molar-refractivity contribution in [2.45, 2.75) is 0 Å². The summed E-state index contributed by atoms with van der Waals surface area (Å²) in [6.45, 7) is 3.34. The number of carboxylic acids is 1. The first-order valence-corrected chi connectivity index (χ1v) is 1.94. The smallest absolute Gasteiger partial charge is 0.307 e. The molecule has 3 nitrogen and oxygen atoms in total. The summed E-state index contributed by atoms with van der Waals surface area (Å²) in [6, 6.07) is 0. The van der Waals surface area contributed by atoms with Crippen LogP contribution in [-0.2, 0) is 4.79 Å². The zero-order chi connectivity index (χ0) is 5.86. The van der Waals surface area contributed by atoms with Gasteiger partial charge in [-0.2, -0.15) is 0 Å². The van der Waals surface area contributed by atoms with Crippen molar-refractivity contribution in [3.63, 3.8) is 0 Å². The van der Waals surface area contributed by atoms with Crippen LogP contribution in [0.4, 0.5) is 0 Å². The van der Waals surface area contributed by atoms with E-state index >= 15 is 0 Å². The van der Waals surface area contributed by atoms with Gasteiger partial charge in [-0.3, -0.25) is 4.79 Å². The average Bonchev–Trinajstić information content (AvgIpc) is 1.65. The summed E-state index contributed by atoms with van der Waals surface area (Å²) in [6.07, 6.45) is 0. The molecule has 1 atom stereocenters. The van der Waals surface area contributed by atoms with Crippen LogP contribution < -0.4 is 5.73 Å². The van der Waals surface area contributed by atoms with E-state index in [-0.39, 0.29) is 6.54 Å². The molecule has 0 amide bonds. The molecule has 0 fully saturated rings. The predicted molar refractivity (Wildman–Crippen MR) is 25.5 cm³/mol. The molecule has 7 heavy (non-hydrogen) atoms. The molecule has 0 spiro atoms. The van der Waals surface area contributed by atoms with Crippen LogP contribution in [0.15, 0.2) is 0 Å². The van der Waals surface area contributed by atoms with E-state index in [1.165, 1.54) is 0 Å². The van der Waals surface area contributed by atoms with Gasteiger partial charge in [-0.25, -0.2) is 0 Å². The molecule has 1 unspecified atom stereocenters. The van der Waals surface area contributed by atoms with Crippen LogP contribution in [0.3, 0.4) is 0 Å². The second kappa shape index (κ2) is 2.58. The van der Waals surface area contributed by atoms with E-state index in [1.54, 1.807) is 0 Å². The quantitative estimate of drug-likeness (QED) is 0.493. The SMILES string of the molecule is [CH2]C(CN)C(=O)O. The molecule has 0 aliphatic heterocycles. The number of rotatable bonds is 2. The van der Waals surface area contributed by atoms with Crippen LogP contribution in [-0.4, -0.2) is 17.6 Å². The molecule has 3 N–H and O–H groups in total. The lowest BCUT2D eigenvalue weighted by atomic mass is 10.2. The molecule has 41 valence electrons. The molecule has 0 aromatic rings. The summed E-state index contributed by atoms with van der Waals surface area (Å²) in [7, 11) is 0. The maximum Gasteiger partial charge on any atom is 0.307 e. The average molecular weight is 102 g/mol. The van der Waals surface area contributed by atoms with Gasteiger partial charge in [0.15, 0.2) is 0 Å². The number of hydrogen-bond donors (Lipinski definition) is 2. The van der Waals surface area contributed by atoms with Gasteiger partial charge in [0.2, 0.25) is 0 Å². The summed E-state index contributed by atoms with van der Waals surface area (Å²) >= 11 is 0. The summed E-state index contributed by atoms with van der Waals surface area (Å²) in [5, 5.41) is 8.04. The summed E-state index contributed by atoms with van der Waals surface area (Å²) < 4.78 is 0. The first-order chi connectivity index (χ1) is 3.18. The maximum absolute atomic E-state index is 9.79. The highest BCUT2D eigenvalue weighted by Gasteiger charge is 2.05. The summed E-state index contributed by atoms with van der Waals surface area (Å²) in [5.74, 6) is -1.59. The zero-order valence-electron chi connectivity index (χ0n) is 3.92. The number of hydrogen-bond acceptors (Lipinski definition) is 2. The first-order valence-electron chi connectivity index (χ1n) is 1.94. The van der Waals surface area contributed by atoms with E-state index < -0.39 is 11.9 Å². The molecule has 0 aromatic heterocycles. The molecule has 0 bridgehead atoms. The minimum atomic E-state index is -0.942. The topological polar surface area (TPSA) is 63.3 Å². The highest BCUT2D eigenvalue weighted by molar-refractivity contribution is 5.70. The van der Waals surface area contributed by atoms with Crippen molar-refractivity contribution >= 4 is 5.97 Å². The lowest BCUT2D eigenvalue weighted by Crippen LogP contribution is -2.19. The zero-order valence-corrected chi connectivity index (χ0v) is 3.92. The molecule has 0 aliphatic rings. The Hall–Kier alpha value is -0.570. The van der Waals surface area contributed by atoms with Crippen molar-refractivity contribution < 1.29 is 9.90 Å².